The third-order valence-electron chi connectivity index (χ3n) is 3.76. The first-order valence-electron chi connectivity index (χ1n) is 6.20. The maximum absolute atomic E-state index is 11.3. The number of hydrogen-bond acceptors (Lipinski definition) is 2. The molecule has 2 N–H and O–H groups in total. The predicted octanol–water partition coefficient (Wildman–Crippen LogP) is 3.98. The summed E-state index contributed by atoms with van der Waals surface area (Å²) in [6, 6.07) is 16.1. The molecule has 4 rings (SSSR count). The van der Waals surface area contributed by atoms with Crippen LogP contribution in [0.5, 0.6) is 0 Å². The van der Waals surface area contributed by atoms with Gasteiger partial charge in [-0.05, 0) is 50.5 Å². The fraction of sp³-hybridized carbons (Fsp3) is 0. The molecule has 0 fully saturated rings. The molecule has 0 heterocycles. The highest BCUT2D eigenvalue weighted by Crippen LogP contribution is 2.37. The summed E-state index contributed by atoms with van der Waals surface area (Å²) in [5, 5.41) is 6.66. The van der Waals surface area contributed by atoms with Crippen molar-refractivity contribution >= 4 is 44.3 Å². The first kappa shape index (κ1) is 10.3. The van der Waals surface area contributed by atoms with Gasteiger partial charge in [-0.25, -0.2) is 0 Å². The van der Waals surface area contributed by atoms with E-state index in [-0.39, 0.29) is 0 Å². The minimum absolute atomic E-state index is 0.719. The second-order valence-electron chi connectivity index (χ2n) is 4.90. The van der Waals surface area contributed by atoms with Crippen molar-refractivity contribution in [3.63, 3.8) is 0 Å². The van der Waals surface area contributed by atoms with Crippen LogP contribution in [0.2, 0.25) is 0 Å². The van der Waals surface area contributed by atoms with E-state index in [1.54, 1.807) is 0 Å². The average molecular weight is 245 g/mol. The normalized spacial score (nSPS) is 11.6. The summed E-state index contributed by atoms with van der Waals surface area (Å²) >= 11 is 0. The van der Waals surface area contributed by atoms with Crippen molar-refractivity contribution in [1.82, 2.24) is 0 Å². The van der Waals surface area contributed by atoms with E-state index in [1.807, 2.05) is 30.3 Å². The summed E-state index contributed by atoms with van der Waals surface area (Å²) in [7, 11) is 0. The van der Waals surface area contributed by atoms with E-state index in [1.165, 1.54) is 5.39 Å². The van der Waals surface area contributed by atoms with E-state index < -0.39 is 0 Å². The number of rotatable bonds is 1. The minimum Gasteiger partial charge on any atom is -0.399 e. The van der Waals surface area contributed by atoms with Gasteiger partial charge in [0.2, 0.25) is 0 Å². The summed E-state index contributed by atoms with van der Waals surface area (Å²) in [4.78, 5) is 11.3. The molecule has 2 nitrogen and oxygen atoms in total. The van der Waals surface area contributed by atoms with Crippen LogP contribution >= 0.6 is 0 Å². The lowest BCUT2D eigenvalue weighted by Crippen LogP contribution is -1.91. The van der Waals surface area contributed by atoms with Gasteiger partial charge in [0.15, 0.2) is 6.29 Å². The third kappa shape index (κ3) is 1.28. The smallest absolute Gasteiger partial charge is 0.150 e. The number of hydrogen-bond donors (Lipinski definition) is 1. The topological polar surface area (TPSA) is 43.1 Å². The number of carbonyl (C=O) groups is 1. The van der Waals surface area contributed by atoms with E-state index in [9.17, 15) is 4.79 Å². The molecule has 0 aliphatic heterocycles. The molecule has 0 atom stereocenters. The Morgan fingerprint density at radius 2 is 1.63 bits per heavy atom. The molecule has 0 bridgehead atoms. The Bertz CT molecular complexity index is 940. The van der Waals surface area contributed by atoms with Gasteiger partial charge in [-0.15, -0.1) is 0 Å². The number of nitrogens with two attached hydrogens (primary N) is 1. The molecular weight excluding hydrogens is 234 g/mol. The van der Waals surface area contributed by atoms with Gasteiger partial charge in [0, 0.05) is 11.3 Å². The monoisotopic (exact) mass is 245 g/mol. The van der Waals surface area contributed by atoms with Crippen LogP contribution in [-0.4, -0.2) is 6.29 Å². The van der Waals surface area contributed by atoms with Crippen LogP contribution in [0.3, 0.4) is 0 Å². The highest BCUT2D eigenvalue weighted by Gasteiger charge is 2.11. The zero-order valence-electron chi connectivity index (χ0n) is 10.2. The molecule has 0 amide bonds. The lowest BCUT2D eigenvalue weighted by atomic mass is 9.91. The van der Waals surface area contributed by atoms with E-state index in [0.29, 0.717) is 0 Å². The molecule has 0 radical (unpaired) electrons. The molecule has 0 aliphatic carbocycles. The Balaban J connectivity index is 2.44. The van der Waals surface area contributed by atoms with Crippen LogP contribution in [-0.2, 0) is 0 Å². The quantitative estimate of drug-likeness (QED) is 0.313. The Kier molecular flexibility index (Phi) is 1.88. The van der Waals surface area contributed by atoms with E-state index in [2.05, 4.69) is 18.2 Å². The minimum atomic E-state index is 0.719. The van der Waals surface area contributed by atoms with Crippen LogP contribution in [0, 0.1) is 0 Å². The van der Waals surface area contributed by atoms with Gasteiger partial charge in [0.25, 0.3) is 0 Å². The molecule has 0 saturated carbocycles. The summed E-state index contributed by atoms with van der Waals surface area (Å²) < 4.78 is 0. The molecule has 2 heteroatoms. The van der Waals surface area contributed by atoms with E-state index in [0.717, 1.165) is 44.5 Å². The number of nitrogen functional groups attached to an aromatic ring is 1. The van der Waals surface area contributed by atoms with Gasteiger partial charge in [-0.2, -0.15) is 0 Å². The van der Waals surface area contributed by atoms with Crippen LogP contribution < -0.4 is 5.73 Å². The lowest BCUT2D eigenvalue weighted by Gasteiger charge is -2.12. The molecular formula is C17H11NO. The largest absolute Gasteiger partial charge is 0.399 e. The van der Waals surface area contributed by atoms with Crippen molar-refractivity contribution in [3.05, 3.63) is 54.1 Å². The van der Waals surface area contributed by atoms with Crippen molar-refractivity contribution in [2.45, 2.75) is 0 Å². The fourth-order valence-electron chi connectivity index (χ4n) is 3.00. The predicted molar refractivity (Wildman–Crippen MR) is 79.9 cm³/mol. The summed E-state index contributed by atoms with van der Waals surface area (Å²) in [5.74, 6) is 0. The van der Waals surface area contributed by atoms with Crippen molar-refractivity contribution in [1.29, 1.82) is 0 Å². The van der Waals surface area contributed by atoms with Gasteiger partial charge in [-0.3, -0.25) is 4.79 Å². The summed E-state index contributed by atoms with van der Waals surface area (Å²) in [6.07, 6.45) is 0.916. The molecule has 0 aliphatic rings. The van der Waals surface area contributed by atoms with Gasteiger partial charge < -0.3 is 5.73 Å². The maximum Gasteiger partial charge on any atom is 0.150 e. The Labute approximate surface area is 109 Å². The van der Waals surface area contributed by atoms with Crippen molar-refractivity contribution in [3.8, 4) is 0 Å². The molecule has 4 aromatic rings. The second-order valence-corrected chi connectivity index (χ2v) is 4.90. The second kappa shape index (κ2) is 3.45. The number of benzene rings is 4. The SMILES string of the molecule is Nc1cc2ccc3cccc4c(C=O)cc(c1)c2c34. The standard InChI is InChI=1S/C17H11NO/c18-14-7-11-5-4-10-2-1-3-15-13(9-19)6-12(8-14)16(11)17(10)15/h1-9H,18H2. The third-order valence-corrected chi connectivity index (χ3v) is 3.76. The lowest BCUT2D eigenvalue weighted by molar-refractivity contribution is 0.112. The molecule has 90 valence electrons. The van der Waals surface area contributed by atoms with Crippen molar-refractivity contribution in [2.24, 2.45) is 0 Å². The van der Waals surface area contributed by atoms with Crippen LogP contribution in [0.4, 0.5) is 5.69 Å². The molecule has 0 spiro atoms. The van der Waals surface area contributed by atoms with Gasteiger partial charge in [-0.1, -0.05) is 30.3 Å². The van der Waals surface area contributed by atoms with Crippen LogP contribution in [0.15, 0.2) is 48.5 Å². The number of aldehydes is 1. The first-order chi connectivity index (χ1) is 9.28. The molecule has 0 saturated heterocycles. The molecule has 4 aromatic carbocycles. The van der Waals surface area contributed by atoms with E-state index in [4.69, 9.17) is 5.73 Å². The first-order valence-corrected chi connectivity index (χ1v) is 6.20. The van der Waals surface area contributed by atoms with Gasteiger partial charge in [0.05, 0.1) is 0 Å². The Morgan fingerprint density at radius 1 is 0.842 bits per heavy atom. The van der Waals surface area contributed by atoms with Crippen molar-refractivity contribution < 1.29 is 4.79 Å². The summed E-state index contributed by atoms with van der Waals surface area (Å²) in [6.45, 7) is 0. The van der Waals surface area contributed by atoms with Crippen molar-refractivity contribution in [2.75, 3.05) is 5.73 Å². The maximum atomic E-state index is 11.3. The zero-order chi connectivity index (χ0) is 13.0. The zero-order valence-corrected chi connectivity index (χ0v) is 10.2. The molecule has 0 unspecified atom stereocenters. The molecule has 19 heavy (non-hydrogen) atoms. The Hall–Kier alpha value is -2.61. The van der Waals surface area contributed by atoms with Gasteiger partial charge in [0.1, 0.15) is 0 Å². The molecule has 0 aromatic heterocycles. The fourth-order valence-corrected chi connectivity index (χ4v) is 3.00. The van der Waals surface area contributed by atoms with Crippen LogP contribution in [0.1, 0.15) is 10.4 Å². The van der Waals surface area contributed by atoms with E-state index >= 15 is 0 Å². The van der Waals surface area contributed by atoms with Crippen LogP contribution in [0.25, 0.3) is 32.3 Å². The Morgan fingerprint density at radius 3 is 2.47 bits per heavy atom. The highest BCUT2D eigenvalue weighted by atomic mass is 16.1. The average Bonchev–Trinajstić information content (AvgIpc) is 2.43. The summed E-state index contributed by atoms with van der Waals surface area (Å²) in [5.41, 5.74) is 7.38. The number of anilines is 1. The number of carbonyl (C=O) groups excluding carboxylic acids is 1. The van der Waals surface area contributed by atoms with Gasteiger partial charge >= 0.3 is 0 Å². The highest BCUT2D eigenvalue weighted by molar-refractivity contribution is 6.26.